The maximum absolute atomic E-state index is 13.2. The van der Waals surface area contributed by atoms with E-state index in [2.05, 4.69) is 9.72 Å². The Morgan fingerprint density at radius 2 is 1.69 bits per heavy atom. The minimum Gasteiger partial charge on any atom is -0.507 e. The van der Waals surface area contributed by atoms with E-state index >= 15 is 0 Å². The molecule has 0 spiro atoms. The molecule has 4 rings (SSSR count). The topological polar surface area (TPSA) is 89.0 Å². The summed E-state index contributed by atoms with van der Waals surface area (Å²) in [5.41, 5.74) is -0.00763. The number of methoxy groups -OCH3 is 1. The van der Waals surface area contributed by atoms with Crippen LogP contribution in [0.2, 0.25) is 10.0 Å². The number of hydrogen-bond donors (Lipinski definition) is 1. The van der Waals surface area contributed by atoms with E-state index in [-0.39, 0.29) is 32.6 Å². The van der Waals surface area contributed by atoms with E-state index in [4.69, 9.17) is 27.9 Å². The standard InChI is InChI=1S/C24H15Cl2F3N2O5/c1-35-22-16(25)9-13(10-17(22)26)20(32)18-19(12-5-7-30-8-6-12)31(23(34)21(18)33)14-3-2-4-15(11-14)36-24(27,28)29/h2-11,19,32H,1H3/b20-18+. The molecule has 1 N–H and O–H groups in total. The van der Waals surface area contributed by atoms with E-state index in [1.54, 1.807) is 0 Å². The van der Waals surface area contributed by atoms with Gasteiger partial charge in [-0.2, -0.15) is 0 Å². The van der Waals surface area contributed by atoms with Gasteiger partial charge >= 0.3 is 6.36 Å². The maximum atomic E-state index is 13.2. The largest absolute Gasteiger partial charge is 0.573 e. The van der Waals surface area contributed by atoms with Gasteiger partial charge in [0.15, 0.2) is 5.75 Å². The van der Waals surface area contributed by atoms with Crippen molar-refractivity contribution in [2.24, 2.45) is 0 Å². The molecule has 1 aliphatic heterocycles. The molecule has 2 aromatic carbocycles. The quantitative estimate of drug-likeness (QED) is 0.246. The monoisotopic (exact) mass is 538 g/mol. The fraction of sp³-hybridized carbons (Fsp3) is 0.125. The molecular formula is C24H15Cl2F3N2O5. The van der Waals surface area contributed by atoms with Gasteiger partial charge in [0.25, 0.3) is 11.7 Å². The fourth-order valence-electron chi connectivity index (χ4n) is 3.84. The second kappa shape index (κ2) is 9.71. The van der Waals surface area contributed by atoms with Gasteiger partial charge < -0.3 is 14.6 Å². The molecule has 0 bridgehead atoms. The fourth-order valence-corrected chi connectivity index (χ4v) is 4.48. The molecule has 0 aliphatic carbocycles. The number of carbonyl (C=O) groups excluding carboxylic acids is 2. The number of ketones is 1. The Morgan fingerprint density at radius 3 is 2.28 bits per heavy atom. The third-order valence-electron chi connectivity index (χ3n) is 5.27. The predicted octanol–water partition coefficient (Wildman–Crippen LogP) is 5.92. The lowest BCUT2D eigenvalue weighted by Crippen LogP contribution is -2.29. The zero-order valence-electron chi connectivity index (χ0n) is 18.2. The Balaban J connectivity index is 1.91. The van der Waals surface area contributed by atoms with Crippen LogP contribution < -0.4 is 14.4 Å². The Kier molecular flexibility index (Phi) is 6.83. The molecule has 1 saturated heterocycles. The van der Waals surface area contributed by atoms with Gasteiger partial charge in [0.2, 0.25) is 0 Å². The number of aromatic nitrogens is 1. The molecule has 36 heavy (non-hydrogen) atoms. The lowest BCUT2D eigenvalue weighted by molar-refractivity contribution is -0.274. The summed E-state index contributed by atoms with van der Waals surface area (Å²) < 4.78 is 47.4. The molecule has 1 amide bonds. The van der Waals surface area contributed by atoms with Crippen LogP contribution in [-0.4, -0.2) is 35.3 Å². The number of aliphatic hydroxyl groups excluding tert-OH is 1. The highest BCUT2D eigenvalue weighted by Crippen LogP contribution is 2.44. The average Bonchev–Trinajstić information content (AvgIpc) is 3.08. The number of benzene rings is 2. The molecule has 1 fully saturated rings. The van der Waals surface area contributed by atoms with Gasteiger partial charge in [-0.1, -0.05) is 29.3 Å². The third kappa shape index (κ3) is 4.82. The number of halogens is 5. The first-order valence-corrected chi connectivity index (χ1v) is 10.9. The molecule has 2 heterocycles. The number of anilines is 1. The molecule has 0 radical (unpaired) electrons. The number of hydrogen-bond acceptors (Lipinski definition) is 6. The minimum atomic E-state index is -4.97. The molecule has 1 unspecified atom stereocenters. The third-order valence-corrected chi connectivity index (χ3v) is 5.83. The first-order chi connectivity index (χ1) is 17.0. The first kappa shape index (κ1) is 25.3. The van der Waals surface area contributed by atoms with Crippen molar-refractivity contribution in [3.63, 3.8) is 0 Å². The van der Waals surface area contributed by atoms with Crippen LogP contribution in [0, 0.1) is 0 Å². The SMILES string of the molecule is COc1c(Cl)cc(/C(O)=C2\C(=O)C(=O)N(c3cccc(OC(F)(F)F)c3)C2c2ccncc2)cc1Cl. The van der Waals surface area contributed by atoms with Gasteiger partial charge in [-0.15, -0.1) is 13.2 Å². The lowest BCUT2D eigenvalue weighted by atomic mass is 9.95. The molecule has 1 aromatic heterocycles. The lowest BCUT2D eigenvalue weighted by Gasteiger charge is -2.25. The summed E-state index contributed by atoms with van der Waals surface area (Å²) in [4.78, 5) is 31.2. The Morgan fingerprint density at radius 1 is 1.06 bits per heavy atom. The number of amides is 1. The van der Waals surface area contributed by atoms with E-state index in [1.807, 2.05) is 0 Å². The molecular weight excluding hydrogens is 524 g/mol. The highest BCUT2D eigenvalue weighted by molar-refractivity contribution is 6.51. The van der Waals surface area contributed by atoms with Crippen molar-refractivity contribution in [3.8, 4) is 11.5 Å². The van der Waals surface area contributed by atoms with Crippen molar-refractivity contribution < 1.29 is 37.3 Å². The van der Waals surface area contributed by atoms with Crippen LogP contribution in [0.15, 0.2) is 66.5 Å². The van der Waals surface area contributed by atoms with Crippen LogP contribution in [-0.2, 0) is 9.59 Å². The maximum Gasteiger partial charge on any atom is 0.573 e. The summed E-state index contributed by atoms with van der Waals surface area (Å²) >= 11 is 12.4. The van der Waals surface area contributed by atoms with Gasteiger partial charge in [0.1, 0.15) is 11.5 Å². The van der Waals surface area contributed by atoms with E-state index in [0.717, 1.165) is 17.0 Å². The molecule has 186 valence electrons. The van der Waals surface area contributed by atoms with E-state index in [9.17, 15) is 27.9 Å². The van der Waals surface area contributed by atoms with Crippen molar-refractivity contribution in [3.05, 3.63) is 87.7 Å². The normalized spacial score (nSPS) is 17.4. The Hall–Kier alpha value is -3.76. The molecule has 1 atom stereocenters. The van der Waals surface area contributed by atoms with Gasteiger partial charge in [-0.25, -0.2) is 0 Å². The second-order valence-electron chi connectivity index (χ2n) is 7.47. The number of Topliss-reactive ketones (excluding diaryl/α,β-unsaturated/α-hetero) is 1. The van der Waals surface area contributed by atoms with Gasteiger partial charge in [-0.3, -0.25) is 19.5 Å². The van der Waals surface area contributed by atoms with Crippen molar-refractivity contribution >= 4 is 46.3 Å². The van der Waals surface area contributed by atoms with Crippen LogP contribution in [0.4, 0.5) is 18.9 Å². The number of alkyl halides is 3. The van der Waals surface area contributed by atoms with Gasteiger partial charge in [-0.05, 0) is 42.0 Å². The van der Waals surface area contributed by atoms with E-state index in [0.29, 0.717) is 5.56 Å². The first-order valence-electron chi connectivity index (χ1n) is 10.1. The Labute approximate surface area is 212 Å². The van der Waals surface area contributed by atoms with Crippen LogP contribution >= 0.6 is 23.2 Å². The zero-order valence-corrected chi connectivity index (χ0v) is 19.7. The number of carbonyl (C=O) groups is 2. The summed E-state index contributed by atoms with van der Waals surface area (Å²) in [6.07, 6.45) is -2.16. The number of nitrogens with zero attached hydrogens (tertiary/aromatic N) is 2. The minimum absolute atomic E-state index is 0.0250. The van der Waals surface area contributed by atoms with E-state index in [1.165, 1.54) is 55.9 Å². The number of rotatable bonds is 5. The van der Waals surface area contributed by atoms with Crippen molar-refractivity contribution in [2.75, 3.05) is 12.0 Å². The summed E-state index contributed by atoms with van der Waals surface area (Å²) in [6, 6.07) is 8.99. The highest BCUT2D eigenvalue weighted by Gasteiger charge is 2.47. The summed E-state index contributed by atoms with van der Waals surface area (Å²) in [5.74, 6) is -3.19. The second-order valence-corrected chi connectivity index (χ2v) is 8.28. The number of aliphatic hydroxyl groups is 1. The summed E-state index contributed by atoms with van der Waals surface area (Å²) in [7, 11) is 1.35. The predicted molar refractivity (Wildman–Crippen MR) is 125 cm³/mol. The van der Waals surface area contributed by atoms with Crippen LogP contribution in [0.25, 0.3) is 5.76 Å². The van der Waals surface area contributed by atoms with Crippen molar-refractivity contribution in [1.82, 2.24) is 4.98 Å². The average molecular weight is 539 g/mol. The number of ether oxygens (including phenoxy) is 2. The Bertz CT molecular complexity index is 1360. The molecule has 12 heteroatoms. The summed E-state index contributed by atoms with van der Waals surface area (Å²) in [5, 5.41) is 11.2. The van der Waals surface area contributed by atoms with Gasteiger partial charge in [0.05, 0.1) is 28.8 Å². The zero-order chi connectivity index (χ0) is 26.2. The van der Waals surface area contributed by atoms with Gasteiger partial charge in [0, 0.05) is 29.7 Å². The van der Waals surface area contributed by atoms with Crippen LogP contribution in [0.5, 0.6) is 11.5 Å². The van der Waals surface area contributed by atoms with Crippen molar-refractivity contribution in [2.45, 2.75) is 12.4 Å². The van der Waals surface area contributed by atoms with E-state index < -0.39 is 35.6 Å². The highest BCUT2D eigenvalue weighted by atomic mass is 35.5. The molecule has 0 saturated carbocycles. The van der Waals surface area contributed by atoms with Crippen LogP contribution in [0.3, 0.4) is 0 Å². The van der Waals surface area contributed by atoms with Crippen LogP contribution in [0.1, 0.15) is 17.2 Å². The smallest absolute Gasteiger partial charge is 0.507 e. The molecule has 7 nitrogen and oxygen atoms in total. The van der Waals surface area contributed by atoms with Crippen molar-refractivity contribution in [1.29, 1.82) is 0 Å². The molecule has 3 aromatic rings. The summed E-state index contributed by atoms with van der Waals surface area (Å²) in [6.45, 7) is 0. The molecule has 1 aliphatic rings. The number of pyridine rings is 1.